The zero-order valence-electron chi connectivity index (χ0n) is 15.1. The summed E-state index contributed by atoms with van der Waals surface area (Å²) < 4.78 is 11.2. The second kappa shape index (κ2) is 6.83. The summed E-state index contributed by atoms with van der Waals surface area (Å²) in [6.07, 6.45) is 6.68. The van der Waals surface area contributed by atoms with Gasteiger partial charge < -0.3 is 14.1 Å². The van der Waals surface area contributed by atoms with Crippen LogP contribution in [0.25, 0.3) is 11.0 Å². The average Bonchev–Trinajstić information content (AvgIpc) is 3.04. The number of nitrogens with zero attached hydrogens (tertiary/aromatic N) is 2. The molecule has 0 N–H and O–H groups in total. The fourth-order valence-corrected chi connectivity index (χ4v) is 3.76. The van der Waals surface area contributed by atoms with Gasteiger partial charge in [0.2, 0.25) is 0 Å². The number of amides is 1. The molecule has 5 heteroatoms. The number of pyridine rings is 1. The van der Waals surface area contributed by atoms with Crippen molar-refractivity contribution in [2.24, 2.45) is 0 Å². The number of piperidine rings is 1. The van der Waals surface area contributed by atoms with Crippen LogP contribution in [0.4, 0.5) is 0 Å². The van der Waals surface area contributed by atoms with Gasteiger partial charge in [-0.25, -0.2) is 0 Å². The molecule has 1 aliphatic heterocycles. The average molecular weight is 350 g/mol. The number of furan rings is 1. The number of hydrogen-bond donors (Lipinski definition) is 0. The van der Waals surface area contributed by atoms with Crippen molar-refractivity contribution >= 4 is 16.9 Å². The molecule has 1 aromatic carbocycles. The molecule has 2 aromatic heterocycles. The standard InChI is InChI=1S/C21H22N2O3/c1-14-17-9-8-16(25-2)12-19(17)26-20(14)21(24)23-11-4-3-7-18(23)15-6-5-10-22-13-15/h5-6,8-10,12-13,18H,3-4,7,11H2,1-2H3/t18-/m1/s1. The van der Waals surface area contributed by atoms with Crippen LogP contribution in [0.1, 0.15) is 47.0 Å². The molecule has 0 bridgehead atoms. The molecule has 134 valence electrons. The van der Waals surface area contributed by atoms with E-state index in [2.05, 4.69) is 4.98 Å². The maximum Gasteiger partial charge on any atom is 0.290 e. The molecule has 1 aliphatic rings. The molecule has 0 unspecified atom stereocenters. The van der Waals surface area contributed by atoms with Gasteiger partial charge in [-0.1, -0.05) is 6.07 Å². The number of hydrogen-bond acceptors (Lipinski definition) is 4. The van der Waals surface area contributed by atoms with Crippen LogP contribution in [0.2, 0.25) is 0 Å². The third-order valence-corrected chi connectivity index (χ3v) is 5.17. The van der Waals surface area contributed by atoms with E-state index in [0.717, 1.165) is 48.1 Å². The van der Waals surface area contributed by atoms with Gasteiger partial charge in [-0.2, -0.15) is 0 Å². The van der Waals surface area contributed by atoms with Crippen molar-refractivity contribution in [2.45, 2.75) is 32.2 Å². The molecule has 3 aromatic rings. The number of carbonyl (C=O) groups is 1. The minimum atomic E-state index is -0.0498. The minimum absolute atomic E-state index is 0.0482. The van der Waals surface area contributed by atoms with Gasteiger partial charge in [-0.05, 0) is 49.9 Å². The third-order valence-electron chi connectivity index (χ3n) is 5.17. The number of methoxy groups -OCH3 is 1. The Labute approximate surface area is 152 Å². The van der Waals surface area contributed by atoms with Crippen LogP contribution >= 0.6 is 0 Å². The SMILES string of the molecule is COc1ccc2c(C)c(C(=O)N3CCCC[C@@H]3c3cccnc3)oc2c1. The molecule has 1 amide bonds. The number of ether oxygens (including phenoxy) is 1. The smallest absolute Gasteiger partial charge is 0.290 e. The molecule has 1 fully saturated rings. The Morgan fingerprint density at radius 1 is 1.31 bits per heavy atom. The van der Waals surface area contributed by atoms with Crippen LogP contribution in [0.5, 0.6) is 5.75 Å². The van der Waals surface area contributed by atoms with Crippen LogP contribution in [-0.4, -0.2) is 29.4 Å². The van der Waals surface area contributed by atoms with Gasteiger partial charge in [0.15, 0.2) is 5.76 Å². The highest BCUT2D eigenvalue weighted by molar-refractivity contribution is 5.99. The normalized spacial score (nSPS) is 17.5. The summed E-state index contributed by atoms with van der Waals surface area (Å²) in [5.74, 6) is 1.09. The molecule has 0 aliphatic carbocycles. The van der Waals surface area contributed by atoms with Crippen molar-refractivity contribution < 1.29 is 13.9 Å². The zero-order valence-corrected chi connectivity index (χ0v) is 15.1. The lowest BCUT2D eigenvalue weighted by Gasteiger charge is -2.35. The summed E-state index contributed by atoms with van der Waals surface area (Å²) in [5, 5.41) is 0.948. The van der Waals surface area contributed by atoms with Crippen LogP contribution in [0.3, 0.4) is 0 Å². The highest BCUT2D eigenvalue weighted by Crippen LogP contribution is 2.34. The molecule has 1 atom stereocenters. The van der Waals surface area contributed by atoms with Gasteiger partial charge >= 0.3 is 0 Å². The molecule has 1 saturated heterocycles. The van der Waals surface area contributed by atoms with E-state index in [9.17, 15) is 4.79 Å². The molecule has 5 nitrogen and oxygen atoms in total. The van der Waals surface area contributed by atoms with Gasteiger partial charge in [-0.15, -0.1) is 0 Å². The van der Waals surface area contributed by atoms with E-state index >= 15 is 0 Å². The summed E-state index contributed by atoms with van der Waals surface area (Å²) in [7, 11) is 1.62. The van der Waals surface area contributed by atoms with Crippen molar-refractivity contribution in [1.29, 1.82) is 0 Å². The van der Waals surface area contributed by atoms with E-state index in [1.165, 1.54) is 0 Å². The summed E-state index contributed by atoms with van der Waals surface area (Å²) >= 11 is 0. The molecular weight excluding hydrogens is 328 g/mol. The van der Waals surface area contributed by atoms with Gasteiger partial charge in [-0.3, -0.25) is 9.78 Å². The van der Waals surface area contributed by atoms with Crippen LogP contribution < -0.4 is 4.74 Å². The van der Waals surface area contributed by atoms with E-state index in [0.29, 0.717) is 11.3 Å². The number of fused-ring (bicyclic) bond motifs is 1. The fourth-order valence-electron chi connectivity index (χ4n) is 3.76. The molecular formula is C21H22N2O3. The Hall–Kier alpha value is -2.82. The van der Waals surface area contributed by atoms with Crippen molar-refractivity contribution in [1.82, 2.24) is 9.88 Å². The van der Waals surface area contributed by atoms with Crippen molar-refractivity contribution in [3.8, 4) is 5.75 Å². The van der Waals surface area contributed by atoms with Crippen molar-refractivity contribution in [2.75, 3.05) is 13.7 Å². The zero-order chi connectivity index (χ0) is 18.1. The maximum atomic E-state index is 13.3. The Balaban J connectivity index is 1.71. The Morgan fingerprint density at radius 2 is 2.19 bits per heavy atom. The second-order valence-electron chi connectivity index (χ2n) is 6.71. The minimum Gasteiger partial charge on any atom is -0.497 e. The van der Waals surface area contributed by atoms with Gasteiger partial charge in [0.05, 0.1) is 13.2 Å². The highest BCUT2D eigenvalue weighted by atomic mass is 16.5. The van der Waals surface area contributed by atoms with Crippen LogP contribution in [0.15, 0.2) is 47.1 Å². The first-order valence-corrected chi connectivity index (χ1v) is 8.97. The van der Waals surface area contributed by atoms with Gasteiger partial charge in [0.25, 0.3) is 5.91 Å². The number of aromatic nitrogens is 1. The first-order chi connectivity index (χ1) is 12.7. The molecule has 4 rings (SSSR count). The molecule has 0 spiro atoms. The van der Waals surface area contributed by atoms with Gasteiger partial charge in [0.1, 0.15) is 11.3 Å². The Morgan fingerprint density at radius 3 is 2.96 bits per heavy atom. The number of likely N-dealkylation sites (tertiary alicyclic amines) is 1. The van der Waals surface area contributed by atoms with Crippen LogP contribution in [-0.2, 0) is 0 Å². The second-order valence-corrected chi connectivity index (χ2v) is 6.71. The quantitative estimate of drug-likeness (QED) is 0.697. The molecule has 3 heterocycles. The fraction of sp³-hybridized carbons (Fsp3) is 0.333. The number of rotatable bonds is 3. The van der Waals surface area contributed by atoms with E-state index in [-0.39, 0.29) is 11.9 Å². The van der Waals surface area contributed by atoms with E-state index < -0.39 is 0 Å². The van der Waals surface area contributed by atoms with Crippen LogP contribution in [0, 0.1) is 6.92 Å². The topological polar surface area (TPSA) is 55.6 Å². The van der Waals surface area contributed by atoms with E-state index in [1.807, 2.05) is 48.4 Å². The Bertz CT molecular complexity index is 933. The summed E-state index contributed by atoms with van der Waals surface area (Å²) in [6.45, 7) is 2.67. The number of carbonyl (C=O) groups excluding carboxylic acids is 1. The monoisotopic (exact) mass is 350 g/mol. The highest BCUT2D eigenvalue weighted by Gasteiger charge is 2.32. The maximum absolute atomic E-state index is 13.3. The van der Waals surface area contributed by atoms with E-state index in [1.54, 1.807) is 13.3 Å². The van der Waals surface area contributed by atoms with Gasteiger partial charge in [0, 0.05) is 36.0 Å². The third kappa shape index (κ3) is 2.83. The lowest BCUT2D eigenvalue weighted by Crippen LogP contribution is -2.38. The molecule has 26 heavy (non-hydrogen) atoms. The number of benzene rings is 1. The first-order valence-electron chi connectivity index (χ1n) is 8.97. The number of aryl methyl sites for hydroxylation is 1. The molecule has 0 radical (unpaired) electrons. The predicted molar refractivity (Wildman–Crippen MR) is 99.4 cm³/mol. The first kappa shape index (κ1) is 16.6. The summed E-state index contributed by atoms with van der Waals surface area (Å²) in [5.41, 5.74) is 2.64. The molecule has 0 saturated carbocycles. The Kier molecular flexibility index (Phi) is 4.37. The predicted octanol–water partition coefficient (Wildman–Crippen LogP) is 4.51. The lowest BCUT2D eigenvalue weighted by atomic mass is 9.96. The van der Waals surface area contributed by atoms with Crippen molar-refractivity contribution in [3.05, 3.63) is 59.6 Å². The lowest BCUT2D eigenvalue weighted by molar-refractivity contribution is 0.0580. The summed E-state index contributed by atoms with van der Waals surface area (Å²) in [6, 6.07) is 9.67. The van der Waals surface area contributed by atoms with E-state index in [4.69, 9.17) is 9.15 Å². The summed E-state index contributed by atoms with van der Waals surface area (Å²) in [4.78, 5) is 19.5. The largest absolute Gasteiger partial charge is 0.497 e. The van der Waals surface area contributed by atoms with Crippen molar-refractivity contribution in [3.63, 3.8) is 0 Å².